The molecule has 1 aromatic carbocycles. The Kier molecular flexibility index (Phi) is 4.12. The Morgan fingerprint density at radius 2 is 1.69 bits per heavy atom. The van der Waals surface area contributed by atoms with Gasteiger partial charge in [0.1, 0.15) is 0 Å². The highest BCUT2D eigenvalue weighted by molar-refractivity contribution is 5.52. The molecule has 0 aliphatic carbocycles. The topological polar surface area (TPSA) is 33.3 Å². The lowest BCUT2D eigenvalue weighted by Crippen LogP contribution is -2.00. The van der Waals surface area contributed by atoms with E-state index in [1.807, 2.05) is 31.2 Å². The summed E-state index contributed by atoms with van der Waals surface area (Å²) in [5.74, 6) is 0. The van der Waals surface area contributed by atoms with Gasteiger partial charge in [-0.1, -0.05) is 0 Å². The van der Waals surface area contributed by atoms with E-state index in [0.717, 1.165) is 17.9 Å². The van der Waals surface area contributed by atoms with Gasteiger partial charge in [0.2, 0.25) is 0 Å². The van der Waals surface area contributed by atoms with Crippen LogP contribution in [0.2, 0.25) is 0 Å². The van der Waals surface area contributed by atoms with Gasteiger partial charge in [-0.05, 0) is 38.1 Å². The van der Waals surface area contributed by atoms with E-state index in [9.17, 15) is 0 Å². The van der Waals surface area contributed by atoms with E-state index in [1.165, 1.54) is 0 Å². The van der Waals surface area contributed by atoms with Crippen molar-refractivity contribution in [3.63, 3.8) is 0 Å². The van der Waals surface area contributed by atoms with Crippen LogP contribution in [0.3, 0.4) is 0 Å². The zero-order chi connectivity index (χ0) is 9.52. The number of anilines is 2. The van der Waals surface area contributed by atoms with Crippen LogP contribution < -0.4 is 10.8 Å². The summed E-state index contributed by atoms with van der Waals surface area (Å²) in [5, 5.41) is 3.22. The maximum Gasteiger partial charge on any atom is 0.0717 e. The lowest BCUT2D eigenvalue weighted by atomic mass is 10.3. The summed E-state index contributed by atoms with van der Waals surface area (Å²) in [7, 11) is 0. The minimum Gasteiger partial charge on any atom is -0.385 e. The van der Waals surface area contributed by atoms with Crippen molar-refractivity contribution in [3.05, 3.63) is 24.3 Å². The van der Waals surface area contributed by atoms with Crippen LogP contribution in [0, 0.1) is 0 Å². The van der Waals surface area contributed by atoms with Gasteiger partial charge in [0.05, 0.1) is 12.3 Å². The van der Waals surface area contributed by atoms with E-state index in [4.69, 9.17) is 4.84 Å². The van der Waals surface area contributed by atoms with Gasteiger partial charge in [0, 0.05) is 12.2 Å². The second-order valence-corrected chi connectivity index (χ2v) is 2.64. The van der Waals surface area contributed by atoms with Gasteiger partial charge >= 0.3 is 0 Å². The zero-order valence-electron chi connectivity index (χ0n) is 8.13. The molecule has 0 saturated carbocycles. The monoisotopic (exact) mass is 180 g/mol. The van der Waals surface area contributed by atoms with E-state index in [2.05, 4.69) is 17.7 Å². The first-order valence-electron chi connectivity index (χ1n) is 4.58. The highest BCUT2D eigenvalue weighted by Crippen LogP contribution is 2.12. The molecule has 0 unspecified atom stereocenters. The second-order valence-electron chi connectivity index (χ2n) is 2.64. The Morgan fingerprint density at radius 1 is 1.08 bits per heavy atom. The fourth-order valence-corrected chi connectivity index (χ4v) is 1.02. The molecule has 0 amide bonds. The van der Waals surface area contributed by atoms with E-state index in [1.54, 1.807) is 0 Å². The van der Waals surface area contributed by atoms with Crippen molar-refractivity contribution in [2.24, 2.45) is 0 Å². The van der Waals surface area contributed by atoms with Crippen molar-refractivity contribution >= 4 is 11.4 Å². The summed E-state index contributed by atoms with van der Waals surface area (Å²) in [5.41, 5.74) is 4.94. The molecule has 0 heterocycles. The summed E-state index contributed by atoms with van der Waals surface area (Å²) in [6.45, 7) is 5.62. The predicted molar refractivity (Wildman–Crippen MR) is 55.9 cm³/mol. The molecule has 0 fully saturated rings. The summed E-state index contributed by atoms with van der Waals surface area (Å²) in [4.78, 5) is 5.05. The van der Waals surface area contributed by atoms with E-state index < -0.39 is 0 Å². The molecule has 0 aromatic heterocycles. The fourth-order valence-electron chi connectivity index (χ4n) is 1.02. The molecule has 3 nitrogen and oxygen atoms in total. The first kappa shape index (κ1) is 9.86. The Balaban J connectivity index is 2.48. The van der Waals surface area contributed by atoms with Crippen LogP contribution in [0.15, 0.2) is 24.3 Å². The minimum absolute atomic E-state index is 0.662. The number of nitrogens with one attached hydrogen (secondary N) is 2. The molecule has 0 radical (unpaired) electrons. The summed E-state index contributed by atoms with van der Waals surface area (Å²) < 4.78 is 0. The third-order valence-electron chi connectivity index (χ3n) is 1.60. The predicted octanol–water partition coefficient (Wildman–Crippen LogP) is 2.48. The Morgan fingerprint density at radius 3 is 2.23 bits per heavy atom. The van der Waals surface area contributed by atoms with Gasteiger partial charge in [-0.25, -0.2) is 0 Å². The van der Waals surface area contributed by atoms with E-state index >= 15 is 0 Å². The summed E-state index contributed by atoms with van der Waals surface area (Å²) in [6, 6.07) is 8.00. The fraction of sp³-hybridized carbons (Fsp3) is 0.400. The van der Waals surface area contributed by atoms with Gasteiger partial charge in [0.25, 0.3) is 0 Å². The van der Waals surface area contributed by atoms with Crippen LogP contribution in [0.25, 0.3) is 0 Å². The van der Waals surface area contributed by atoms with E-state index in [-0.39, 0.29) is 0 Å². The molecule has 1 aromatic rings. The quantitative estimate of drug-likeness (QED) is 0.683. The van der Waals surface area contributed by atoms with Gasteiger partial charge in [-0.2, -0.15) is 0 Å². The SMILES string of the molecule is CCNc1ccc(NOCC)cc1. The van der Waals surface area contributed by atoms with Crippen LogP contribution >= 0.6 is 0 Å². The van der Waals surface area contributed by atoms with Crippen LogP contribution in [0.4, 0.5) is 11.4 Å². The molecular weight excluding hydrogens is 164 g/mol. The van der Waals surface area contributed by atoms with Gasteiger partial charge < -0.3 is 5.32 Å². The summed E-state index contributed by atoms with van der Waals surface area (Å²) in [6.07, 6.45) is 0. The zero-order valence-corrected chi connectivity index (χ0v) is 8.13. The van der Waals surface area contributed by atoms with Crippen LogP contribution in [0.5, 0.6) is 0 Å². The number of hydrogen-bond donors (Lipinski definition) is 2. The number of rotatable bonds is 5. The molecule has 0 aliphatic rings. The smallest absolute Gasteiger partial charge is 0.0717 e. The standard InChI is InChI=1S/C10H16N2O/c1-3-11-9-5-7-10(8-6-9)12-13-4-2/h5-8,11-12H,3-4H2,1-2H3. The average molecular weight is 180 g/mol. The Bertz CT molecular complexity index is 233. The van der Waals surface area contributed by atoms with Crippen molar-refractivity contribution in [2.45, 2.75) is 13.8 Å². The van der Waals surface area contributed by atoms with Crippen molar-refractivity contribution in [3.8, 4) is 0 Å². The minimum atomic E-state index is 0.662. The molecule has 0 saturated heterocycles. The first-order chi connectivity index (χ1) is 6.36. The van der Waals surface area contributed by atoms with Gasteiger partial charge in [-0.3, -0.25) is 10.3 Å². The third kappa shape index (κ3) is 3.34. The Hall–Kier alpha value is -1.22. The maximum absolute atomic E-state index is 5.05. The van der Waals surface area contributed by atoms with Crippen molar-refractivity contribution in [1.29, 1.82) is 0 Å². The third-order valence-corrected chi connectivity index (χ3v) is 1.60. The molecule has 0 aliphatic heterocycles. The summed E-state index contributed by atoms with van der Waals surface area (Å²) >= 11 is 0. The second kappa shape index (κ2) is 5.43. The molecule has 0 atom stereocenters. The first-order valence-corrected chi connectivity index (χ1v) is 4.58. The van der Waals surface area contributed by atoms with Crippen molar-refractivity contribution in [1.82, 2.24) is 0 Å². The van der Waals surface area contributed by atoms with Crippen LogP contribution in [-0.4, -0.2) is 13.2 Å². The lowest BCUT2D eigenvalue weighted by Gasteiger charge is -2.06. The molecule has 13 heavy (non-hydrogen) atoms. The van der Waals surface area contributed by atoms with Crippen molar-refractivity contribution < 1.29 is 4.84 Å². The maximum atomic E-state index is 5.05. The normalized spacial score (nSPS) is 9.69. The molecular formula is C10H16N2O. The highest BCUT2D eigenvalue weighted by atomic mass is 16.6. The largest absolute Gasteiger partial charge is 0.385 e. The highest BCUT2D eigenvalue weighted by Gasteiger charge is 1.91. The molecule has 1 rings (SSSR count). The number of hydrogen-bond acceptors (Lipinski definition) is 3. The molecule has 0 bridgehead atoms. The average Bonchev–Trinajstić information content (AvgIpc) is 2.17. The molecule has 2 N–H and O–H groups in total. The molecule has 72 valence electrons. The van der Waals surface area contributed by atoms with Gasteiger partial charge in [0.15, 0.2) is 0 Å². The molecule has 3 heteroatoms. The van der Waals surface area contributed by atoms with E-state index in [0.29, 0.717) is 6.61 Å². The van der Waals surface area contributed by atoms with Gasteiger partial charge in [-0.15, -0.1) is 0 Å². The number of benzene rings is 1. The molecule has 0 spiro atoms. The van der Waals surface area contributed by atoms with Crippen LogP contribution in [0.1, 0.15) is 13.8 Å². The Labute approximate surface area is 79.1 Å². The van der Waals surface area contributed by atoms with Crippen molar-refractivity contribution in [2.75, 3.05) is 23.9 Å². The lowest BCUT2D eigenvalue weighted by molar-refractivity contribution is 0.210. The van der Waals surface area contributed by atoms with Crippen LogP contribution in [-0.2, 0) is 4.84 Å².